The summed E-state index contributed by atoms with van der Waals surface area (Å²) in [6, 6.07) is 14.7. The zero-order chi connectivity index (χ0) is 17.8. The molecule has 2 N–H and O–H groups in total. The number of aromatic amines is 1. The lowest BCUT2D eigenvalue weighted by Gasteiger charge is -2.29. The second-order valence-corrected chi connectivity index (χ2v) is 6.83. The molecule has 0 saturated heterocycles. The summed E-state index contributed by atoms with van der Waals surface area (Å²) in [6.07, 6.45) is 8.00. The number of benzene rings is 1. The van der Waals surface area contributed by atoms with Gasteiger partial charge in [-0.15, -0.1) is 0 Å². The van der Waals surface area contributed by atoms with Gasteiger partial charge in [0.15, 0.2) is 0 Å². The molecule has 0 amide bonds. The molecule has 0 radical (unpaired) electrons. The number of aromatic nitrogens is 2. The van der Waals surface area contributed by atoms with Crippen molar-refractivity contribution in [3.05, 3.63) is 59.9 Å². The predicted molar refractivity (Wildman–Crippen MR) is 101 cm³/mol. The number of ether oxygens (including phenoxy) is 1. The zero-order valence-corrected chi connectivity index (χ0v) is 14.6. The van der Waals surface area contributed by atoms with Gasteiger partial charge in [-0.1, -0.05) is 18.2 Å². The maximum Gasteiger partial charge on any atom is 0.213 e. The second-order valence-electron chi connectivity index (χ2n) is 6.83. The van der Waals surface area contributed by atoms with E-state index in [1.54, 1.807) is 18.3 Å². The molecule has 4 rings (SSSR count). The van der Waals surface area contributed by atoms with Crippen LogP contribution in [0.1, 0.15) is 36.8 Å². The molecule has 0 unspecified atom stereocenters. The lowest BCUT2D eigenvalue weighted by atomic mass is 9.92. The molecule has 132 valence electrons. The maximum absolute atomic E-state index is 8.82. The molecule has 2 aromatic heterocycles. The molecule has 1 aliphatic rings. The van der Waals surface area contributed by atoms with Crippen LogP contribution in [0.3, 0.4) is 0 Å². The van der Waals surface area contributed by atoms with E-state index in [0.29, 0.717) is 17.5 Å². The quantitative estimate of drug-likeness (QED) is 0.734. The van der Waals surface area contributed by atoms with Crippen LogP contribution < -0.4 is 10.1 Å². The first-order valence-electron chi connectivity index (χ1n) is 9.13. The Bertz CT molecular complexity index is 902. The van der Waals surface area contributed by atoms with Crippen molar-refractivity contribution in [2.45, 2.75) is 44.4 Å². The van der Waals surface area contributed by atoms with Crippen molar-refractivity contribution in [1.82, 2.24) is 15.3 Å². The van der Waals surface area contributed by atoms with E-state index >= 15 is 0 Å². The summed E-state index contributed by atoms with van der Waals surface area (Å²) in [5.41, 5.74) is 3.10. The first-order chi connectivity index (χ1) is 12.8. The lowest BCUT2D eigenvalue weighted by Crippen LogP contribution is -2.36. The van der Waals surface area contributed by atoms with Gasteiger partial charge in [0.05, 0.1) is 5.56 Å². The number of nitrogens with one attached hydrogen (secondary N) is 2. The van der Waals surface area contributed by atoms with Gasteiger partial charge in [-0.2, -0.15) is 5.26 Å². The number of H-pyrrole nitrogens is 1. The fourth-order valence-corrected chi connectivity index (χ4v) is 3.62. The second kappa shape index (κ2) is 7.59. The van der Waals surface area contributed by atoms with E-state index < -0.39 is 0 Å². The van der Waals surface area contributed by atoms with Crippen molar-refractivity contribution in [3.63, 3.8) is 0 Å². The number of rotatable bonds is 5. The molecule has 0 bridgehead atoms. The van der Waals surface area contributed by atoms with E-state index in [1.807, 2.05) is 6.20 Å². The summed E-state index contributed by atoms with van der Waals surface area (Å²) >= 11 is 0. The Morgan fingerprint density at radius 3 is 2.81 bits per heavy atom. The highest BCUT2D eigenvalue weighted by Crippen LogP contribution is 2.24. The van der Waals surface area contributed by atoms with Crippen molar-refractivity contribution in [2.24, 2.45) is 0 Å². The number of hydrogen-bond donors (Lipinski definition) is 2. The highest BCUT2D eigenvalue weighted by atomic mass is 16.5. The van der Waals surface area contributed by atoms with Gasteiger partial charge in [-0.05, 0) is 48.8 Å². The van der Waals surface area contributed by atoms with E-state index in [9.17, 15) is 0 Å². The van der Waals surface area contributed by atoms with Gasteiger partial charge in [0.25, 0.3) is 0 Å². The highest BCUT2D eigenvalue weighted by molar-refractivity contribution is 5.82. The Labute approximate surface area is 153 Å². The first kappa shape index (κ1) is 16.6. The van der Waals surface area contributed by atoms with Crippen LogP contribution >= 0.6 is 0 Å². The van der Waals surface area contributed by atoms with Crippen molar-refractivity contribution >= 4 is 10.9 Å². The maximum atomic E-state index is 8.82. The largest absolute Gasteiger partial charge is 0.474 e. The Kier molecular flexibility index (Phi) is 4.85. The van der Waals surface area contributed by atoms with Crippen LogP contribution in [0.5, 0.6) is 5.88 Å². The average Bonchev–Trinajstić information content (AvgIpc) is 3.17. The normalized spacial score (nSPS) is 20.0. The Balaban J connectivity index is 1.27. The minimum absolute atomic E-state index is 0.209. The van der Waals surface area contributed by atoms with Crippen LogP contribution in [0.4, 0.5) is 0 Å². The lowest BCUT2D eigenvalue weighted by molar-refractivity contribution is 0.134. The highest BCUT2D eigenvalue weighted by Gasteiger charge is 2.22. The van der Waals surface area contributed by atoms with Gasteiger partial charge >= 0.3 is 0 Å². The van der Waals surface area contributed by atoms with Gasteiger partial charge in [0.1, 0.15) is 12.2 Å². The molecular formula is C21H22N4O. The SMILES string of the molecule is N#Cc1ccc(OC2CCC(NCc3cccc4cc[nH]c34)CC2)nc1. The summed E-state index contributed by atoms with van der Waals surface area (Å²) in [7, 11) is 0. The summed E-state index contributed by atoms with van der Waals surface area (Å²) in [4.78, 5) is 7.53. The van der Waals surface area contributed by atoms with Crippen molar-refractivity contribution in [3.8, 4) is 11.9 Å². The van der Waals surface area contributed by atoms with Crippen LogP contribution in [0.15, 0.2) is 48.8 Å². The van der Waals surface area contributed by atoms with E-state index in [2.05, 4.69) is 45.6 Å². The van der Waals surface area contributed by atoms with Crippen LogP contribution in [0, 0.1) is 11.3 Å². The molecule has 0 spiro atoms. The summed E-state index contributed by atoms with van der Waals surface area (Å²) in [5.74, 6) is 0.610. The van der Waals surface area contributed by atoms with Gasteiger partial charge in [0, 0.05) is 36.6 Å². The molecule has 1 saturated carbocycles. The van der Waals surface area contributed by atoms with Gasteiger partial charge in [-0.25, -0.2) is 4.98 Å². The van der Waals surface area contributed by atoms with Crippen molar-refractivity contribution in [1.29, 1.82) is 5.26 Å². The number of hydrogen-bond acceptors (Lipinski definition) is 4. The number of nitriles is 1. The van der Waals surface area contributed by atoms with Crippen LogP contribution in [0.25, 0.3) is 10.9 Å². The fraction of sp³-hybridized carbons (Fsp3) is 0.333. The summed E-state index contributed by atoms with van der Waals surface area (Å²) < 4.78 is 5.96. The van der Waals surface area contributed by atoms with Gasteiger partial charge in [-0.3, -0.25) is 0 Å². The molecular weight excluding hydrogens is 324 g/mol. The molecule has 3 aromatic rings. The average molecular weight is 346 g/mol. The number of para-hydroxylation sites is 1. The minimum atomic E-state index is 0.209. The van der Waals surface area contributed by atoms with Gasteiger partial charge in [0.2, 0.25) is 5.88 Å². The third-order valence-electron chi connectivity index (χ3n) is 5.08. The number of nitrogens with zero attached hydrogens (tertiary/aromatic N) is 2. The molecule has 5 nitrogen and oxygen atoms in total. The molecule has 0 aliphatic heterocycles. The molecule has 1 fully saturated rings. The number of pyridine rings is 1. The molecule has 0 atom stereocenters. The Morgan fingerprint density at radius 1 is 1.15 bits per heavy atom. The van der Waals surface area contributed by atoms with Crippen molar-refractivity contribution in [2.75, 3.05) is 0 Å². The zero-order valence-electron chi connectivity index (χ0n) is 14.6. The Morgan fingerprint density at radius 2 is 2.04 bits per heavy atom. The standard InChI is InChI=1S/C21H22N4O/c22-12-15-4-9-20(25-13-15)26-19-7-5-18(6-8-19)24-14-17-3-1-2-16-10-11-23-21(16)17/h1-4,9-11,13,18-19,23-24H,5-8,14H2. The Hall–Kier alpha value is -2.84. The molecule has 26 heavy (non-hydrogen) atoms. The molecule has 2 heterocycles. The van der Waals surface area contributed by atoms with Crippen LogP contribution in [0.2, 0.25) is 0 Å². The predicted octanol–water partition coefficient (Wildman–Crippen LogP) is 3.91. The number of fused-ring (bicyclic) bond motifs is 1. The topological polar surface area (TPSA) is 73.7 Å². The fourth-order valence-electron chi connectivity index (χ4n) is 3.62. The molecule has 5 heteroatoms. The monoisotopic (exact) mass is 346 g/mol. The molecule has 1 aliphatic carbocycles. The first-order valence-corrected chi connectivity index (χ1v) is 9.13. The minimum Gasteiger partial charge on any atom is -0.474 e. The summed E-state index contributed by atoms with van der Waals surface area (Å²) in [5, 5.41) is 13.8. The molecule has 1 aromatic carbocycles. The van der Waals surface area contributed by atoms with E-state index in [0.717, 1.165) is 32.2 Å². The third-order valence-corrected chi connectivity index (χ3v) is 5.08. The third kappa shape index (κ3) is 3.71. The summed E-state index contributed by atoms with van der Waals surface area (Å²) in [6.45, 7) is 0.880. The van der Waals surface area contributed by atoms with E-state index in [1.165, 1.54) is 16.5 Å². The van der Waals surface area contributed by atoms with E-state index in [4.69, 9.17) is 10.00 Å². The smallest absolute Gasteiger partial charge is 0.213 e. The van der Waals surface area contributed by atoms with Gasteiger partial charge < -0.3 is 15.0 Å². The van der Waals surface area contributed by atoms with Crippen LogP contribution in [-0.4, -0.2) is 22.1 Å². The van der Waals surface area contributed by atoms with Crippen LogP contribution in [-0.2, 0) is 6.54 Å². The van der Waals surface area contributed by atoms with Crippen molar-refractivity contribution < 1.29 is 4.74 Å². The van der Waals surface area contributed by atoms with E-state index in [-0.39, 0.29) is 6.10 Å².